The van der Waals surface area contributed by atoms with E-state index in [0.29, 0.717) is 19.6 Å². The second-order valence-corrected chi connectivity index (χ2v) is 7.66. The molecule has 0 spiro atoms. The fourth-order valence-electron chi connectivity index (χ4n) is 3.56. The molecule has 1 aromatic heterocycles. The molecule has 154 valence electrons. The van der Waals surface area contributed by atoms with E-state index in [9.17, 15) is 9.59 Å². The lowest BCUT2D eigenvalue weighted by molar-refractivity contribution is -0.121. The molecule has 1 amide bonds. The highest BCUT2D eigenvalue weighted by Gasteiger charge is 2.13. The Hall–Kier alpha value is -2.86. The van der Waals surface area contributed by atoms with Gasteiger partial charge in [-0.05, 0) is 43.8 Å². The van der Waals surface area contributed by atoms with Crippen LogP contribution in [0, 0.1) is 0 Å². The molecule has 1 heterocycles. The highest BCUT2D eigenvalue weighted by molar-refractivity contribution is 5.78. The minimum Gasteiger partial charge on any atom is -0.352 e. The van der Waals surface area contributed by atoms with Crippen molar-refractivity contribution in [2.24, 2.45) is 0 Å². The van der Waals surface area contributed by atoms with Crippen LogP contribution in [-0.4, -0.2) is 34.0 Å². The fraction of sp³-hybridized carbons (Fsp3) is 0.391. The summed E-state index contributed by atoms with van der Waals surface area (Å²) in [5.74, 6) is -0.0541. The maximum Gasteiger partial charge on any atom is 0.329 e. The van der Waals surface area contributed by atoms with E-state index in [4.69, 9.17) is 0 Å². The second-order valence-electron chi connectivity index (χ2n) is 7.66. The first kappa shape index (κ1) is 20.9. The first-order chi connectivity index (χ1) is 14.0. The number of hydrogen-bond acceptors (Lipinski definition) is 3. The van der Waals surface area contributed by atoms with Crippen LogP contribution in [0.5, 0.6) is 0 Å². The smallest absolute Gasteiger partial charge is 0.329 e. The zero-order valence-corrected chi connectivity index (χ0v) is 17.5. The Balaban J connectivity index is 1.60. The average molecular weight is 395 g/mol. The van der Waals surface area contributed by atoms with Gasteiger partial charge in [0.1, 0.15) is 0 Å². The molecule has 0 fully saturated rings. The van der Waals surface area contributed by atoms with E-state index < -0.39 is 0 Å². The van der Waals surface area contributed by atoms with Gasteiger partial charge in [-0.2, -0.15) is 0 Å². The van der Waals surface area contributed by atoms with E-state index in [-0.39, 0.29) is 18.0 Å². The largest absolute Gasteiger partial charge is 0.352 e. The van der Waals surface area contributed by atoms with Gasteiger partial charge in [0, 0.05) is 32.6 Å². The van der Waals surface area contributed by atoms with Crippen molar-refractivity contribution in [2.75, 3.05) is 14.1 Å². The average Bonchev–Trinajstić information content (AvgIpc) is 2.97. The molecule has 2 aromatic carbocycles. The van der Waals surface area contributed by atoms with Crippen LogP contribution in [0.1, 0.15) is 30.9 Å². The molecular weight excluding hydrogens is 364 g/mol. The Morgan fingerprint density at radius 3 is 2.10 bits per heavy atom. The van der Waals surface area contributed by atoms with Crippen molar-refractivity contribution in [1.82, 2.24) is 19.4 Å². The molecule has 0 aliphatic rings. The van der Waals surface area contributed by atoms with Crippen LogP contribution in [0.4, 0.5) is 0 Å². The molecule has 29 heavy (non-hydrogen) atoms. The molecule has 3 rings (SSSR count). The Labute approximate surface area is 171 Å². The molecule has 0 bridgehead atoms. The maximum atomic E-state index is 12.8. The first-order valence-corrected chi connectivity index (χ1v) is 10.2. The fourth-order valence-corrected chi connectivity index (χ4v) is 3.56. The number of hydrogen-bond donors (Lipinski definition) is 1. The summed E-state index contributed by atoms with van der Waals surface area (Å²) in [5, 5.41) is 2.96. The van der Waals surface area contributed by atoms with Gasteiger partial charge >= 0.3 is 5.69 Å². The van der Waals surface area contributed by atoms with Crippen LogP contribution in [0.25, 0.3) is 11.0 Å². The Morgan fingerprint density at radius 2 is 1.52 bits per heavy atom. The second kappa shape index (κ2) is 9.56. The Bertz CT molecular complexity index is 1020. The normalized spacial score (nSPS) is 11.3. The zero-order valence-electron chi connectivity index (χ0n) is 17.5. The van der Waals surface area contributed by atoms with Crippen LogP contribution in [0.15, 0.2) is 53.3 Å². The topological polar surface area (TPSA) is 59.3 Å². The van der Waals surface area contributed by atoms with Crippen molar-refractivity contribution in [3.63, 3.8) is 0 Å². The molecule has 0 saturated carbocycles. The van der Waals surface area contributed by atoms with Gasteiger partial charge in [-0.25, -0.2) is 4.79 Å². The monoisotopic (exact) mass is 394 g/mol. The lowest BCUT2D eigenvalue weighted by Gasteiger charge is -2.10. The Morgan fingerprint density at radius 1 is 0.931 bits per heavy atom. The predicted octanol–water partition coefficient (Wildman–Crippen LogP) is 2.98. The summed E-state index contributed by atoms with van der Waals surface area (Å²) >= 11 is 0. The number of amides is 1. The Kier molecular flexibility index (Phi) is 6.88. The van der Waals surface area contributed by atoms with Crippen molar-refractivity contribution in [2.45, 2.75) is 45.9 Å². The minimum atomic E-state index is -0.0541. The number of nitrogens with one attached hydrogen (secondary N) is 1. The van der Waals surface area contributed by atoms with Gasteiger partial charge in [0.25, 0.3) is 0 Å². The standard InChI is InChI=1S/C23H30N4O2/c1-4-14-26-20-7-5-6-8-21(20)27(23(26)29)15-13-22(28)24-16-18-9-11-19(12-10-18)17-25(2)3/h5-12H,4,13-17H2,1-3H3,(H,24,28). The summed E-state index contributed by atoms with van der Waals surface area (Å²) in [6, 6.07) is 16.0. The first-order valence-electron chi connectivity index (χ1n) is 10.2. The number of carbonyl (C=O) groups excluding carboxylic acids is 1. The lowest BCUT2D eigenvalue weighted by atomic mass is 10.1. The van der Waals surface area contributed by atoms with E-state index >= 15 is 0 Å². The third-order valence-corrected chi connectivity index (χ3v) is 4.95. The summed E-state index contributed by atoms with van der Waals surface area (Å²) in [7, 11) is 4.08. The summed E-state index contributed by atoms with van der Waals surface area (Å²) in [6.45, 7) is 4.51. The van der Waals surface area contributed by atoms with Crippen molar-refractivity contribution < 1.29 is 4.79 Å². The number of aryl methyl sites for hydroxylation is 2. The van der Waals surface area contributed by atoms with Crippen LogP contribution in [0.2, 0.25) is 0 Å². The number of benzene rings is 2. The van der Waals surface area contributed by atoms with Crippen molar-refractivity contribution in [3.8, 4) is 0 Å². The third kappa shape index (κ3) is 5.15. The van der Waals surface area contributed by atoms with E-state index in [0.717, 1.165) is 29.6 Å². The summed E-state index contributed by atoms with van der Waals surface area (Å²) in [6.07, 6.45) is 1.17. The van der Waals surface area contributed by atoms with Crippen molar-refractivity contribution in [3.05, 3.63) is 70.1 Å². The number of fused-ring (bicyclic) bond motifs is 1. The van der Waals surface area contributed by atoms with Crippen LogP contribution >= 0.6 is 0 Å². The number of nitrogens with zero attached hydrogens (tertiary/aromatic N) is 3. The molecule has 0 aliphatic carbocycles. The molecule has 0 radical (unpaired) electrons. The predicted molar refractivity (Wildman–Crippen MR) is 117 cm³/mol. The van der Waals surface area contributed by atoms with E-state index in [2.05, 4.69) is 29.3 Å². The maximum absolute atomic E-state index is 12.8. The molecule has 6 nitrogen and oxygen atoms in total. The van der Waals surface area contributed by atoms with Crippen LogP contribution in [0.3, 0.4) is 0 Å². The lowest BCUT2D eigenvalue weighted by Crippen LogP contribution is -2.28. The molecule has 0 unspecified atom stereocenters. The van der Waals surface area contributed by atoms with Crippen LogP contribution < -0.4 is 11.0 Å². The molecular formula is C23H30N4O2. The van der Waals surface area contributed by atoms with E-state index in [1.54, 1.807) is 9.13 Å². The van der Waals surface area contributed by atoms with E-state index in [1.165, 1.54) is 5.56 Å². The number of aromatic nitrogens is 2. The van der Waals surface area contributed by atoms with Gasteiger partial charge in [0.05, 0.1) is 11.0 Å². The minimum absolute atomic E-state index is 0.0441. The highest BCUT2D eigenvalue weighted by Crippen LogP contribution is 2.13. The van der Waals surface area contributed by atoms with Crippen LogP contribution in [-0.2, 0) is 31.0 Å². The number of imidazole rings is 1. The molecule has 1 N–H and O–H groups in total. The number of para-hydroxylation sites is 2. The molecule has 0 saturated heterocycles. The van der Waals surface area contributed by atoms with Gasteiger partial charge in [-0.15, -0.1) is 0 Å². The zero-order chi connectivity index (χ0) is 20.8. The summed E-state index contributed by atoms with van der Waals surface area (Å²) in [5.41, 5.74) is 4.08. The van der Waals surface area contributed by atoms with Crippen molar-refractivity contribution >= 4 is 16.9 Å². The number of rotatable bonds is 9. The van der Waals surface area contributed by atoms with Gasteiger partial charge in [0.15, 0.2) is 0 Å². The van der Waals surface area contributed by atoms with Crippen molar-refractivity contribution in [1.29, 1.82) is 0 Å². The molecule has 6 heteroatoms. The van der Waals surface area contributed by atoms with Gasteiger partial charge in [0.2, 0.25) is 5.91 Å². The summed E-state index contributed by atoms with van der Waals surface area (Å²) < 4.78 is 3.50. The number of carbonyl (C=O) groups is 1. The molecule has 0 aliphatic heterocycles. The van der Waals surface area contributed by atoms with Gasteiger partial charge < -0.3 is 10.2 Å². The SMILES string of the molecule is CCCn1c(=O)n(CCC(=O)NCc2ccc(CN(C)C)cc2)c2ccccc21. The van der Waals surface area contributed by atoms with Gasteiger partial charge in [-0.3, -0.25) is 13.9 Å². The molecule has 3 aromatic rings. The quantitative estimate of drug-likeness (QED) is 0.607. The van der Waals surface area contributed by atoms with E-state index in [1.807, 2.05) is 50.5 Å². The van der Waals surface area contributed by atoms with Gasteiger partial charge in [-0.1, -0.05) is 43.3 Å². The molecule has 0 atom stereocenters. The third-order valence-electron chi connectivity index (χ3n) is 4.95. The summed E-state index contributed by atoms with van der Waals surface area (Å²) in [4.78, 5) is 27.2. The highest BCUT2D eigenvalue weighted by atomic mass is 16.2.